The number of halogens is 2. The highest BCUT2D eigenvalue weighted by Crippen LogP contribution is 2.24. The second kappa shape index (κ2) is 12.0. The van der Waals surface area contributed by atoms with Crippen LogP contribution in [-0.2, 0) is 9.59 Å². The van der Waals surface area contributed by atoms with Crippen LogP contribution in [-0.4, -0.2) is 11.8 Å². The van der Waals surface area contributed by atoms with Gasteiger partial charge in [0.15, 0.2) is 0 Å². The molecular weight excluding hydrogens is 491 g/mol. The highest BCUT2D eigenvalue weighted by atomic mass is 35.5. The minimum Gasteiger partial charge on any atom is -0.321 e. The fraction of sp³-hybridized carbons (Fsp3) is 0. The third kappa shape index (κ3) is 6.95. The number of hydrogen-bond acceptors (Lipinski definition) is 2. The Hall–Kier alpha value is -4.12. The van der Waals surface area contributed by atoms with Gasteiger partial charge >= 0.3 is 0 Å². The molecule has 2 amide bonds. The molecule has 0 radical (unpaired) electrons. The summed E-state index contributed by atoms with van der Waals surface area (Å²) in [6.45, 7) is 0. The molecule has 0 atom stereocenters. The van der Waals surface area contributed by atoms with Gasteiger partial charge in [-0.05, 0) is 58.7 Å². The van der Waals surface area contributed by atoms with Gasteiger partial charge in [0, 0.05) is 11.4 Å². The lowest BCUT2D eigenvalue weighted by Crippen LogP contribution is -2.11. The van der Waals surface area contributed by atoms with Crippen molar-refractivity contribution in [2.45, 2.75) is 0 Å². The van der Waals surface area contributed by atoms with Crippen LogP contribution in [0.15, 0.2) is 119 Å². The molecule has 4 aromatic rings. The Morgan fingerprint density at radius 1 is 0.500 bits per heavy atom. The van der Waals surface area contributed by atoms with Crippen LogP contribution in [0.2, 0.25) is 0 Å². The predicted octanol–water partition coefficient (Wildman–Crippen LogP) is 7.79. The van der Waals surface area contributed by atoms with Crippen molar-refractivity contribution in [2.75, 3.05) is 10.6 Å². The molecule has 0 heterocycles. The molecule has 4 aromatic carbocycles. The SMILES string of the molecule is O=C(Nc1ccc(-c2ccc(NC(=O)/C(Cl)=C\c3ccccc3)cc2)cc1)/C(Cl)=C\c1ccccc1. The third-order valence-electron chi connectivity index (χ3n) is 5.24. The van der Waals surface area contributed by atoms with Crippen LogP contribution in [0.5, 0.6) is 0 Å². The lowest BCUT2D eigenvalue weighted by atomic mass is 10.0. The van der Waals surface area contributed by atoms with E-state index in [4.69, 9.17) is 23.2 Å². The zero-order valence-corrected chi connectivity index (χ0v) is 20.6. The van der Waals surface area contributed by atoms with E-state index in [-0.39, 0.29) is 21.9 Å². The Morgan fingerprint density at radius 2 is 0.833 bits per heavy atom. The highest BCUT2D eigenvalue weighted by Gasteiger charge is 2.09. The summed E-state index contributed by atoms with van der Waals surface area (Å²) in [7, 11) is 0. The minimum atomic E-state index is -0.381. The van der Waals surface area contributed by atoms with E-state index < -0.39 is 0 Å². The number of benzene rings is 4. The molecule has 0 bridgehead atoms. The molecule has 6 heteroatoms. The van der Waals surface area contributed by atoms with Crippen LogP contribution in [0.1, 0.15) is 11.1 Å². The van der Waals surface area contributed by atoms with Gasteiger partial charge in [-0.3, -0.25) is 9.59 Å². The summed E-state index contributed by atoms with van der Waals surface area (Å²) in [5.74, 6) is -0.762. The van der Waals surface area contributed by atoms with Gasteiger partial charge in [0.05, 0.1) is 0 Å². The number of hydrogen-bond donors (Lipinski definition) is 2. The van der Waals surface area contributed by atoms with Crippen LogP contribution in [0.3, 0.4) is 0 Å². The number of carbonyl (C=O) groups is 2. The van der Waals surface area contributed by atoms with Crippen LogP contribution >= 0.6 is 23.2 Å². The Bertz CT molecular complexity index is 1290. The van der Waals surface area contributed by atoms with E-state index in [1.807, 2.05) is 109 Å². The first kappa shape index (κ1) is 25.0. The van der Waals surface area contributed by atoms with Crippen molar-refractivity contribution >= 4 is 58.5 Å². The summed E-state index contributed by atoms with van der Waals surface area (Å²) < 4.78 is 0. The lowest BCUT2D eigenvalue weighted by molar-refractivity contribution is -0.113. The number of nitrogens with one attached hydrogen (secondary N) is 2. The summed E-state index contributed by atoms with van der Waals surface area (Å²) in [5.41, 5.74) is 4.88. The Labute approximate surface area is 219 Å². The molecule has 4 rings (SSSR count). The fourth-order valence-corrected chi connectivity index (χ4v) is 3.74. The molecule has 0 fully saturated rings. The van der Waals surface area contributed by atoms with Gasteiger partial charge in [-0.15, -0.1) is 0 Å². The normalized spacial score (nSPS) is 11.6. The molecule has 2 N–H and O–H groups in total. The minimum absolute atomic E-state index is 0.0987. The Morgan fingerprint density at radius 3 is 1.17 bits per heavy atom. The average molecular weight is 513 g/mol. The summed E-state index contributed by atoms with van der Waals surface area (Å²) in [5, 5.41) is 5.79. The van der Waals surface area contributed by atoms with Gasteiger partial charge in [0.2, 0.25) is 0 Å². The van der Waals surface area contributed by atoms with E-state index in [1.54, 1.807) is 12.2 Å². The van der Waals surface area contributed by atoms with Gasteiger partial charge < -0.3 is 10.6 Å². The van der Waals surface area contributed by atoms with Gasteiger partial charge in [0.1, 0.15) is 10.1 Å². The van der Waals surface area contributed by atoms with Gasteiger partial charge in [-0.1, -0.05) is 108 Å². The molecule has 0 aliphatic carbocycles. The Balaban J connectivity index is 1.36. The van der Waals surface area contributed by atoms with E-state index >= 15 is 0 Å². The fourth-order valence-electron chi connectivity index (χ4n) is 3.40. The number of rotatable bonds is 7. The van der Waals surface area contributed by atoms with E-state index in [9.17, 15) is 9.59 Å². The summed E-state index contributed by atoms with van der Waals surface area (Å²) in [4.78, 5) is 24.8. The zero-order valence-electron chi connectivity index (χ0n) is 19.1. The van der Waals surface area contributed by atoms with Crippen molar-refractivity contribution in [2.24, 2.45) is 0 Å². The monoisotopic (exact) mass is 512 g/mol. The molecule has 0 aliphatic heterocycles. The molecule has 0 aromatic heterocycles. The third-order valence-corrected chi connectivity index (χ3v) is 5.80. The smallest absolute Gasteiger partial charge is 0.267 e. The van der Waals surface area contributed by atoms with Gasteiger partial charge in [-0.2, -0.15) is 0 Å². The largest absolute Gasteiger partial charge is 0.321 e. The standard InChI is InChI=1S/C30H22Cl2N2O2/c31-27(19-21-7-3-1-4-8-21)29(35)33-25-15-11-23(12-16-25)24-13-17-26(18-14-24)34-30(36)28(32)20-22-9-5-2-6-10-22/h1-20H,(H,33,35)(H,34,36)/b27-19+,28-20+. The number of carbonyl (C=O) groups excluding carboxylic acids is 2. The molecule has 4 nitrogen and oxygen atoms in total. The maximum absolute atomic E-state index is 12.4. The first-order valence-electron chi connectivity index (χ1n) is 11.2. The van der Waals surface area contributed by atoms with Gasteiger partial charge in [-0.25, -0.2) is 0 Å². The van der Waals surface area contributed by atoms with Crippen LogP contribution < -0.4 is 10.6 Å². The average Bonchev–Trinajstić information content (AvgIpc) is 2.90. The summed E-state index contributed by atoms with van der Waals surface area (Å²) >= 11 is 12.3. The van der Waals surface area contributed by atoms with E-state index in [2.05, 4.69) is 10.6 Å². The number of amides is 2. The van der Waals surface area contributed by atoms with Gasteiger partial charge in [0.25, 0.3) is 11.8 Å². The molecular formula is C30H22Cl2N2O2. The molecule has 0 saturated heterocycles. The molecule has 0 aliphatic rings. The molecule has 178 valence electrons. The van der Waals surface area contributed by atoms with Crippen molar-refractivity contribution in [1.82, 2.24) is 0 Å². The van der Waals surface area contributed by atoms with Crippen molar-refractivity contribution in [3.8, 4) is 11.1 Å². The molecule has 0 saturated carbocycles. The summed E-state index contributed by atoms with van der Waals surface area (Å²) in [6, 6.07) is 33.6. The topological polar surface area (TPSA) is 58.2 Å². The van der Waals surface area contributed by atoms with Crippen molar-refractivity contribution in [3.05, 3.63) is 130 Å². The lowest BCUT2D eigenvalue weighted by Gasteiger charge is -2.08. The van der Waals surface area contributed by atoms with Crippen LogP contribution in [0, 0.1) is 0 Å². The predicted molar refractivity (Wildman–Crippen MR) is 150 cm³/mol. The van der Waals surface area contributed by atoms with Crippen molar-refractivity contribution in [1.29, 1.82) is 0 Å². The molecule has 0 unspecified atom stereocenters. The number of anilines is 2. The molecule has 36 heavy (non-hydrogen) atoms. The van der Waals surface area contributed by atoms with E-state index in [0.717, 1.165) is 22.3 Å². The maximum atomic E-state index is 12.4. The van der Waals surface area contributed by atoms with E-state index in [0.29, 0.717) is 11.4 Å². The summed E-state index contributed by atoms with van der Waals surface area (Å²) in [6.07, 6.45) is 3.24. The molecule has 0 spiro atoms. The first-order valence-corrected chi connectivity index (χ1v) is 11.9. The maximum Gasteiger partial charge on any atom is 0.267 e. The van der Waals surface area contributed by atoms with Crippen LogP contribution in [0.25, 0.3) is 23.3 Å². The van der Waals surface area contributed by atoms with Crippen LogP contribution in [0.4, 0.5) is 11.4 Å². The van der Waals surface area contributed by atoms with Crippen molar-refractivity contribution < 1.29 is 9.59 Å². The van der Waals surface area contributed by atoms with E-state index in [1.165, 1.54) is 0 Å². The first-order chi connectivity index (χ1) is 17.5. The second-order valence-corrected chi connectivity index (χ2v) is 8.68. The zero-order chi connectivity index (χ0) is 25.3. The highest BCUT2D eigenvalue weighted by molar-refractivity contribution is 6.46. The second-order valence-electron chi connectivity index (χ2n) is 7.87. The quantitative estimate of drug-likeness (QED) is 0.248. The Kier molecular flexibility index (Phi) is 8.35. The van der Waals surface area contributed by atoms with Crippen molar-refractivity contribution in [3.63, 3.8) is 0 Å².